The van der Waals surface area contributed by atoms with Gasteiger partial charge in [0.2, 0.25) is 0 Å². The molecule has 0 amide bonds. The molecule has 0 bridgehead atoms. The zero-order chi connectivity index (χ0) is 10.8. The van der Waals surface area contributed by atoms with Gasteiger partial charge in [-0.1, -0.05) is 13.0 Å². The molecule has 0 rings (SSSR count). The minimum atomic E-state index is -0.226. The van der Waals surface area contributed by atoms with Crippen LogP contribution in [0.4, 0.5) is 0 Å². The standard InChI is InChI=1S/C12H22O2/c1-3-5-6-8-12(14)10-7-9-11(13)4-2/h3,11,13H,1,4-10H2,2H3. The van der Waals surface area contributed by atoms with E-state index in [1.165, 1.54) is 0 Å². The largest absolute Gasteiger partial charge is 0.393 e. The number of ketones is 1. The van der Waals surface area contributed by atoms with E-state index in [9.17, 15) is 9.90 Å². The van der Waals surface area contributed by atoms with Gasteiger partial charge < -0.3 is 5.11 Å². The molecule has 0 heterocycles. The van der Waals surface area contributed by atoms with Crippen molar-refractivity contribution in [1.82, 2.24) is 0 Å². The van der Waals surface area contributed by atoms with Gasteiger partial charge in [0.15, 0.2) is 0 Å². The maximum absolute atomic E-state index is 11.3. The average molecular weight is 198 g/mol. The number of aliphatic hydroxyl groups is 1. The van der Waals surface area contributed by atoms with Crippen LogP contribution in [0.5, 0.6) is 0 Å². The number of carbonyl (C=O) groups excluding carboxylic acids is 1. The Morgan fingerprint density at radius 3 is 2.64 bits per heavy atom. The molecule has 0 aromatic rings. The molecule has 1 N–H and O–H groups in total. The van der Waals surface area contributed by atoms with Gasteiger partial charge in [-0.2, -0.15) is 0 Å². The maximum Gasteiger partial charge on any atom is 0.132 e. The van der Waals surface area contributed by atoms with E-state index in [0.717, 1.165) is 32.1 Å². The molecule has 0 aromatic carbocycles. The van der Waals surface area contributed by atoms with Gasteiger partial charge >= 0.3 is 0 Å². The molecule has 0 saturated heterocycles. The third kappa shape index (κ3) is 7.99. The quantitative estimate of drug-likeness (QED) is 0.457. The van der Waals surface area contributed by atoms with Crippen molar-refractivity contribution in [3.8, 4) is 0 Å². The molecule has 2 heteroatoms. The van der Waals surface area contributed by atoms with Gasteiger partial charge in [-0.3, -0.25) is 4.79 Å². The van der Waals surface area contributed by atoms with Gasteiger partial charge in [-0.25, -0.2) is 0 Å². The normalized spacial score (nSPS) is 12.4. The summed E-state index contributed by atoms with van der Waals surface area (Å²) in [5.41, 5.74) is 0. The van der Waals surface area contributed by atoms with Gasteiger partial charge in [0.1, 0.15) is 5.78 Å². The van der Waals surface area contributed by atoms with Gasteiger partial charge in [0, 0.05) is 12.8 Å². The Bertz CT molecular complexity index is 164. The zero-order valence-corrected chi connectivity index (χ0v) is 9.17. The molecule has 0 aliphatic rings. The molecule has 82 valence electrons. The van der Waals surface area contributed by atoms with Crippen molar-refractivity contribution >= 4 is 5.78 Å². The van der Waals surface area contributed by atoms with Gasteiger partial charge in [0.25, 0.3) is 0 Å². The maximum atomic E-state index is 11.3. The zero-order valence-electron chi connectivity index (χ0n) is 9.17. The molecule has 14 heavy (non-hydrogen) atoms. The molecule has 0 aromatic heterocycles. The van der Waals surface area contributed by atoms with E-state index in [-0.39, 0.29) is 6.10 Å². The Labute approximate surface area is 87.0 Å². The Hall–Kier alpha value is -0.630. The third-order valence-electron chi connectivity index (χ3n) is 2.33. The van der Waals surface area contributed by atoms with E-state index in [2.05, 4.69) is 6.58 Å². The van der Waals surface area contributed by atoms with Crippen LogP contribution in [0, 0.1) is 0 Å². The Morgan fingerprint density at radius 2 is 2.07 bits per heavy atom. The Kier molecular flexibility index (Phi) is 8.54. The van der Waals surface area contributed by atoms with Crippen molar-refractivity contribution in [2.24, 2.45) is 0 Å². The molecule has 1 atom stereocenters. The molecule has 0 radical (unpaired) electrons. The predicted octanol–water partition coefficient (Wildman–Crippen LogP) is 2.85. The van der Waals surface area contributed by atoms with Crippen molar-refractivity contribution < 1.29 is 9.90 Å². The highest BCUT2D eigenvalue weighted by molar-refractivity contribution is 5.78. The summed E-state index contributed by atoms with van der Waals surface area (Å²) in [5.74, 6) is 0.315. The SMILES string of the molecule is C=CCCCC(=O)CCCC(O)CC. The van der Waals surface area contributed by atoms with Gasteiger partial charge in [-0.05, 0) is 32.1 Å². The smallest absolute Gasteiger partial charge is 0.132 e. The van der Waals surface area contributed by atoms with E-state index in [4.69, 9.17) is 0 Å². The lowest BCUT2D eigenvalue weighted by atomic mass is 10.0. The monoisotopic (exact) mass is 198 g/mol. The van der Waals surface area contributed by atoms with Gasteiger partial charge in [0.05, 0.1) is 6.10 Å². The fraction of sp³-hybridized carbons (Fsp3) is 0.750. The fourth-order valence-electron chi connectivity index (χ4n) is 1.31. The molecule has 0 fully saturated rings. The number of aliphatic hydroxyl groups excluding tert-OH is 1. The topological polar surface area (TPSA) is 37.3 Å². The van der Waals surface area contributed by atoms with Crippen LogP contribution < -0.4 is 0 Å². The number of allylic oxidation sites excluding steroid dienone is 1. The summed E-state index contributed by atoms with van der Waals surface area (Å²) < 4.78 is 0. The molecule has 0 aliphatic heterocycles. The number of Topliss-reactive ketones (excluding diaryl/α,β-unsaturated/α-hetero) is 1. The van der Waals surface area contributed by atoms with E-state index >= 15 is 0 Å². The third-order valence-corrected chi connectivity index (χ3v) is 2.33. The minimum Gasteiger partial charge on any atom is -0.393 e. The van der Waals surface area contributed by atoms with Crippen LogP contribution in [0.1, 0.15) is 51.9 Å². The van der Waals surface area contributed by atoms with Crippen molar-refractivity contribution in [3.05, 3.63) is 12.7 Å². The first-order valence-electron chi connectivity index (χ1n) is 5.51. The second-order valence-electron chi connectivity index (χ2n) is 3.67. The summed E-state index contributed by atoms with van der Waals surface area (Å²) in [6.45, 7) is 5.56. The lowest BCUT2D eigenvalue weighted by Crippen LogP contribution is -2.05. The van der Waals surface area contributed by atoms with Crippen LogP contribution in [0.3, 0.4) is 0 Å². The number of unbranched alkanes of at least 4 members (excludes halogenated alkanes) is 1. The van der Waals surface area contributed by atoms with Crippen LogP contribution in [0.15, 0.2) is 12.7 Å². The number of carbonyl (C=O) groups is 1. The molecule has 0 saturated carbocycles. The molecule has 0 spiro atoms. The molecular formula is C12H22O2. The van der Waals surface area contributed by atoms with Crippen LogP contribution in [0.2, 0.25) is 0 Å². The second-order valence-corrected chi connectivity index (χ2v) is 3.67. The number of hydrogen-bond acceptors (Lipinski definition) is 2. The summed E-state index contributed by atoms with van der Waals surface area (Å²) >= 11 is 0. The summed E-state index contributed by atoms with van der Waals surface area (Å²) in [5, 5.41) is 9.26. The number of rotatable bonds is 9. The summed E-state index contributed by atoms with van der Waals surface area (Å²) in [6.07, 6.45) is 7.09. The minimum absolute atomic E-state index is 0.226. The molecule has 2 nitrogen and oxygen atoms in total. The first-order chi connectivity index (χ1) is 6.70. The fourth-order valence-corrected chi connectivity index (χ4v) is 1.31. The predicted molar refractivity (Wildman–Crippen MR) is 59.2 cm³/mol. The Balaban J connectivity index is 3.30. The lowest BCUT2D eigenvalue weighted by Gasteiger charge is -2.06. The van der Waals surface area contributed by atoms with Crippen molar-refractivity contribution in [2.75, 3.05) is 0 Å². The Morgan fingerprint density at radius 1 is 1.43 bits per heavy atom. The van der Waals surface area contributed by atoms with E-state index in [1.807, 2.05) is 13.0 Å². The molecule has 0 aliphatic carbocycles. The molecular weight excluding hydrogens is 176 g/mol. The highest BCUT2D eigenvalue weighted by Crippen LogP contribution is 2.07. The van der Waals surface area contributed by atoms with Crippen molar-refractivity contribution in [2.45, 2.75) is 58.0 Å². The van der Waals surface area contributed by atoms with E-state index < -0.39 is 0 Å². The molecule has 1 unspecified atom stereocenters. The van der Waals surface area contributed by atoms with Crippen LogP contribution in [0.25, 0.3) is 0 Å². The first kappa shape index (κ1) is 13.4. The summed E-state index contributed by atoms with van der Waals surface area (Å²) in [6, 6.07) is 0. The van der Waals surface area contributed by atoms with E-state index in [1.54, 1.807) is 0 Å². The highest BCUT2D eigenvalue weighted by Gasteiger charge is 2.04. The highest BCUT2D eigenvalue weighted by atomic mass is 16.3. The number of hydrogen-bond donors (Lipinski definition) is 1. The first-order valence-corrected chi connectivity index (χ1v) is 5.51. The summed E-state index contributed by atoms with van der Waals surface area (Å²) in [7, 11) is 0. The van der Waals surface area contributed by atoms with Crippen LogP contribution in [-0.4, -0.2) is 17.0 Å². The lowest BCUT2D eigenvalue weighted by molar-refractivity contribution is -0.119. The van der Waals surface area contributed by atoms with Crippen molar-refractivity contribution in [3.63, 3.8) is 0 Å². The van der Waals surface area contributed by atoms with Crippen LogP contribution in [-0.2, 0) is 4.79 Å². The van der Waals surface area contributed by atoms with E-state index in [0.29, 0.717) is 18.6 Å². The summed E-state index contributed by atoms with van der Waals surface area (Å²) in [4.78, 5) is 11.3. The van der Waals surface area contributed by atoms with Crippen LogP contribution >= 0.6 is 0 Å². The second kappa shape index (κ2) is 8.95. The van der Waals surface area contributed by atoms with Crippen molar-refractivity contribution in [1.29, 1.82) is 0 Å². The van der Waals surface area contributed by atoms with Gasteiger partial charge in [-0.15, -0.1) is 6.58 Å². The average Bonchev–Trinajstić information content (AvgIpc) is 2.18.